The number of rotatable bonds is 10. The predicted octanol–water partition coefficient (Wildman–Crippen LogP) is 3.68. The molecule has 12 heteroatoms. The summed E-state index contributed by atoms with van der Waals surface area (Å²) in [6.07, 6.45) is 5.09. The van der Waals surface area contributed by atoms with E-state index in [-0.39, 0.29) is 42.1 Å². The van der Waals surface area contributed by atoms with E-state index >= 15 is 8.78 Å². The Morgan fingerprint density at radius 3 is 2.64 bits per heavy atom. The largest absolute Gasteiger partial charge is 0.494 e. The van der Waals surface area contributed by atoms with Crippen molar-refractivity contribution in [2.45, 2.75) is 31.3 Å². The van der Waals surface area contributed by atoms with Crippen molar-refractivity contribution in [3.8, 4) is 22.8 Å². The third-order valence-electron chi connectivity index (χ3n) is 6.61. The molecular formula is C27H30F2N6O4. The SMILES string of the molecule is [2H]C([2H])([2H])Oc1cc(OC([2H])([2H])[2H])c(F)c(-c2cc3cnc(N[C@@H]4COCC[C@@H]4NC(=O)C=C)nc3c(NCC3CC3)n2)c1F. The molecule has 0 bridgehead atoms. The Morgan fingerprint density at radius 1 is 1.18 bits per heavy atom. The van der Waals surface area contributed by atoms with Gasteiger partial charge in [-0.15, -0.1) is 0 Å². The van der Waals surface area contributed by atoms with Gasteiger partial charge in [0.2, 0.25) is 11.9 Å². The fourth-order valence-electron chi connectivity index (χ4n) is 4.35. The molecule has 1 aliphatic heterocycles. The van der Waals surface area contributed by atoms with Crippen molar-refractivity contribution in [3.63, 3.8) is 0 Å². The molecule has 1 aliphatic carbocycles. The van der Waals surface area contributed by atoms with E-state index in [0.717, 1.165) is 12.8 Å². The summed E-state index contributed by atoms with van der Waals surface area (Å²) >= 11 is 0. The van der Waals surface area contributed by atoms with Crippen molar-refractivity contribution in [2.75, 3.05) is 44.5 Å². The number of benzene rings is 1. The minimum absolute atomic E-state index is 0.149. The molecule has 1 aromatic carbocycles. The minimum Gasteiger partial charge on any atom is -0.494 e. The summed E-state index contributed by atoms with van der Waals surface area (Å²) in [4.78, 5) is 25.3. The summed E-state index contributed by atoms with van der Waals surface area (Å²) in [5.41, 5.74) is -0.885. The molecule has 1 saturated heterocycles. The first-order valence-corrected chi connectivity index (χ1v) is 12.3. The molecule has 1 saturated carbocycles. The maximum absolute atomic E-state index is 15.7. The van der Waals surface area contributed by atoms with Crippen LogP contribution in [0.1, 0.15) is 27.5 Å². The van der Waals surface area contributed by atoms with Gasteiger partial charge in [-0.1, -0.05) is 6.58 Å². The third kappa shape index (κ3) is 5.70. The summed E-state index contributed by atoms with van der Waals surface area (Å²) in [5.74, 6) is -4.41. The summed E-state index contributed by atoms with van der Waals surface area (Å²) in [6, 6.07) is 1.13. The molecular weight excluding hydrogens is 510 g/mol. The Balaban J connectivity index is 1.58. The van der Waals surface area contributed by atoms with Gasteiger partial charge in [0.15, 0.2) is 29.0 Å². The number of ether oxygens (including phenoxy) is 3. The third-order valence-corrected chi connectivity index (χ3v) is 6.61. The molecule has 2 aliphatic rings. The Kier molecular flexibility index (Phi) is 5.80. The van der Waals surface area contributed by atoms with Crippen molar-refractivity contribution in [1.82, 2.24) is 20.3 Å². The van der Waals surface area contributed by atoms with Crippen molar-refractivity contribution in [3.05, 3.63) is 42.6 Å². The normalized spacial score (nSPS) is 21.8. The van der Waals surface area contributed by atoms with Crippen molar-refractivity contribution < 1.29 is 36.0 Å². The number of amides is 1. The van der Waals surface area contributed by atoms with Gasteiger partial charge in [0.25, 0.3) is 0 Å². The second kappa shape index (κ2) is 11.4. The first-order chi connectivity index (χ1) is 21.2. The molecule has 0 spiro atoms. The van der Waals surface area contributed by atoms with E-state index in [2.05, 4.69) is 37.5 Å². The molecule has 2 atom stereocenters. The molecule has 206 valence electrons. The lowest BCUT2D eigenvalue weighted by Crippen LogP contribution is -2.52. The van der Waals surface area contributed by atoms with E-state index in [1.54, 1.807) is 0 Å². The highest BCUT2D eigenvalue weighted by atomic mass is 19.1. The van der Waals surface area contributed by atoms with Crippen LogP contribution in [0.4, 0.5) is 20.5 Å². The zero-order chi connectivity index (χ0) is 32.5. The topological polar surface area (TPSA) is 120 Å². The number of pyridine rings is 1. The Morgan fingerprint density at radius 2 is 1.95 bits per heavy atom. The maximum atomic E-state index is 15.7. The first kappa shape index (κ1) is 19.9. The highest BCUT2D eigenvalue weighted by Gasteiger charge is 2.28. The van der Waals surface area contributed by atoms with Crippen molar-refractivity contribution in [1.29, 1.82) is 0 Å². The summed E-state index contributed by atoms with van der Waals surface area (Å²) in [6.45, 7) is 4.69. The van der Waals surface area contributed by atoms with Gasteiger partial charge >= 0.3 is 0 Å². The number of nitrogens with zero attached hydrogens (tertiary/aromatic N) is 3. The van der Waals surface area contributed by atoms with Gasteiger partial charge < -0.3 is 30.2 Å². The predicted molar refractivity (Wildman–Crippen MR) is 142 cm³/mol. The van der Waals surface area contributed by atoms with Gasteiger partial charge in [0, 0.05) is 30.8 Å². The van der Waals surface area contributed by atoms with E-state index in [0.29, 0.717) is 42.5 Å². The highest BCUT2D eigenvalue weighted by molar-refractivity contribution is 5.92. The lowest BCUT2D eigenvalue weighted by Gasteiger charge is -2.32. The van der Waals surface area contributed by atoms with Gasteiger partial charge in [-0.2, -0.15) is 0 Å². The Labute approximate surface area is 232 Å². The van der Waals surface area contributed by atoms with Crippen LogP contribution in [0.25, 0.3) is 22.2 Å². The molecule has 2 aromatic heterocycles. The van der Waals surface area contributed by atoms with Gasteiger partial charge in [-0.25, -0.2) is 23.7 Å². The van der Waals surface area contributed by atoms with Crippen LogP contribution in [0.3, 0.4) is 0 Å². The number of hydrogen-bond acceptors (Lipinski definition) is 9. The lowest BCUT2D eigenvalue weighted by atomic mass is 10.0. The fourth-order valence-corrected chi connectivity index (χ4v) is 4.35. The zero-order valence-corrected chi connectivity index (χ0v) is 20.7. The standard InChI is InChI=1S/C27H30F2N6O4/c1-4-21(36)32-16-7-8-39-13-18(16)34-27-31-12-15-9-17(33-26(25(15)35-27)30-11-14-5-6-14)22-23(28)19(37-2)10-20(38-3)24(22)29/h4,9-10,12,14,16,18H,1,5-8,11,13H2,2-3H3,(H,30,33)(H,32,36)(H,31,34,35)/t16-,18+/m0/s1/i2D3,3D3. The zero-order valence-electron chi connectivity index (χ0n) is 26.7. The number of nitrogens with one attached hydrogen (secondary N) is 3. The highest BCUT2D eigenvalue weighted by Crippen LogP contribution is 2.39. The minimum atomic E-state index is -3.14. The molecule has 0 radical (unpaired) electrons. The Bertz CT molecular complexity index is 1560. The Hall–Kier alpha value is -4.06. The van der Waals surface area contributed by atoms with Crippen molar-refractivity contribution in [2.24, 2.45) is 5.92 Å². The van der Waals surface area contributed by atoms with Crippen LogP contribution in [0.15, 0.2) is 31.0 Å². The number of aromatic nitrogens is 3. The van der Waals surface area contributed by atoms with Gasteiger partial charge in [0.05, 0.1) is 52.2 Å². The van der Waals surface area contributed by atoms with Crippen LogP contribution < -0.4 is 25.4 Å². The smallest absolute Gasteiger partial charge is 0.243 e. The number of anilines is 2. The monoisotopic (exact) mass is 546 g/mol. The number of methoxy groups -OCH3 is 2. The lowest BCUT2D eigenvalue weighted by molar-refractivity contribution is -0.117. The van der Waals surface area contributed by atoms with E-state index < -0.39 is 42.8 Å². The molecule has 2 fully saturated rings. The summed E-state index contributed by atoms with van der Waals surface area (Å²) in [5, 5.41) is 9.50. The van der Waals surface area contributed by atoms with Crippen LogP contribution in [0.2, 0.25) is 0 Å². The van der Waals surface area contributed by atoms with E-state index in [1.807, 2.05) is 0 Å². The number of halogens is 2. The van der Waals surface area contributed by atoms with Crippen LogP contribution in [0.5, 0.6) is 11.5 Å². The van der Waals surface area contributed by atoms with E-state index in [4.69, 9.17) is 22.4 Å². The van der Waals surface area contributed by atoms with Crippen molar-refractivity contribution >= 4 is 28.6 Å². The van der Waals surface area contributed by atoms with E-state index in [9.17, 15) is 4.79 Å². The summed E-state index contributed by atoms with van der Waals surface area (Å²) in [7, 11) is -6.29. The second-order valence-electron chi connectivity index (χ2n) is 9.33. The molecule has 5 rings (SSSR count). The van der Waals surface area contributed by atoms with Crippen LogP contribution in [-0.4, -0.2) is 66.8 Å². The molecule has 1 amide bonds. The average molecular weight is 547 g/mol. The van der Waals surface area contributed by atoms with Gasteiger partial charge in [-0.05, 0) is 37.3 Å². The van der Waals surface area contributed by atoms with Gasteiger partial charge in [-0.3, -0.25) is 4.79 Å². The first-order valence-electron chi connectivity index (χ1n) is 15.3. The molecule has 10 nitrogen and oxygen atoms in total. The van der Waals surface area contributed by atoms with Gasteiger partial charge in [0.1, 0.15) is 5.52 Å². The summed E-state index contributed by atoms with van der Waals surface area (Å²) < 4.78 is 90.7. The van der Waals surface area contributed by atoms with Crippen LogP contribution >= 0.6 is 0 Å². The molecule has 39 heavy (non-hydrogen) atoms. The van der Waals surface area contributed by atoms with E-state index in [1.165, 1.54) is 18.3 Å². The average Bonchev–Trinajstić information content (AvgIpc) is 3.79. The molecule has 3 heterocycles. The quantitative estimate of drug-likeness (QED) is 0.327. The van der Waals surface area contributed by atoms with Crippen LogP contribution in [0, 0.1) is 17.6 Å². The maximum Gasteiger partial charge on any atom is 0.243 e. The number of fused-ring (bicyclic) bond motifs is 1. The fraction of sp³-hybridized carbons (Fsp3) is 0.407. The number of carbonyl (C=O) groups is 1. The second-order valence-corrected chi connectivity index (χ2v) is 9.33. The number of hydrogen-bond donors (Lipinski definition) is 3. The molecule has 3 N–H and O–H groups in total. The number of carbonyl (C=O) groups excluding carboxylic acids is 1. The molecule has 3 aromatic rings. The molecule has 0 unspecified atom stereocenters. The van der Waals surface area contributed by atoms with Crippen LogP contribution in [-0.2, 0) is 9.53 Å².